The number of aliphatic hydroxyl groups excluding tert-OH is 18. The van der Waals surface area contributed by atoms with E-state index in [2.05, 4.69) is 0 Å². The minimum Gasteiger partial charge on any atom is -0.481 e. The minimum absolute atomic E-state index is 0.0628. The van der Waals surface area contributed by atoms with Gasteiger partial charge in [-0.2, -0.15) is 0 Å². The van der Waals surface area contributed by atoms with Crippen LogP contribution in [0.25, 0.3) is 0 Å². The molecule has 0 aliphatic carbocycles. The van der Waals surface area contributed by atoms with E-state index in [1.165, 1.54) is 0 Å². The Morgan fingerprint density at radius 3 is 0.375 bits per heavy atom. The molecule has 0 saturated carbocycles. The van der Waals surface area contributed by atoms with Crippen LogP contribution in [0.1, 0.15) is 51.4 Å². The summed E-state index contributed by atoms with van der Waals surface area (Å²) >= 11 is 0. The number of carbonyl (C=O) groups is 4. The number of carboxylic acid groups (broad SMARTS) is 4. The lowest BCUT2D eigenvalue weighted by atomic mass is 10.2. The topological polar surface area (TPSA) is 513 Å². The largest absolute Gasteiger partial charge is 0.481 e. The van der Waals surface area contributed by atoms with Crippen molar-refractivity contribution in [1.82, 2.24) is 0 Å². The normalized spacial score (nSPS) is 9.71. The standard InChI is InChI=1S/2C6H10O4.6C3H8O3/c2*7-5(8)3-1-2-4-6(9)10;6*4-1-3(6)2-5/h2*1-4H2,(H,7,8)(H,9,10);6*3-6H,1-2H2. The Morgan fingerprint density at radius 1 is 0.250 bits per heavy atom. The molecule has 0 rings (SSSR count). The molecule has 344 valence electrons. The molecule has 26 heteroatoms. The van der Waals surface area contributed by atoms with Crippen molar-refractivity contribution in [3.05, 3.63) is 0 Å². The van der Waals surface area contributed by atoms with Crippen molar-refractivity contribution < 1.29 is 132 Å². The fourth-order valence-electron chi connectivity index (χ4n) is 1.45. The molecule has 0 fully saturated rings. The molecule has 0 aliphatic heterocycles. The summed E-state index contributed by atoms with van der Waals surface area (Å²) in [5.41, 5.74) is 0. The lowest BCUT2D eigenvalue weighted by Gasteiger charge is -1.96. The van der Waals surface area contributed by atoms with Gasteiger partial charge in [-0.1, -0.05) is 0 Å². The van der Waals surface area contributed by atoms with Gasteiger partial charge in [-0.3, -0.25) is 19.2 Å². The second-order valence-corrected chi connectivity index (χ2v) is 10.1. The van der Waals surface area contributed by atoms with Gasteiger partial charge in [-0.05, 0) is 25.7 Å². The molecule has 0 heterocycles. The Hall–Kier alpha value is -2.84. The predicted molar refractivity (Wildman–Crippen MR) is 189 cm³/mol. The molecule has 0 spiro atoms. The average molecular weight is 845 g/mol. The molecule has 22 N–H and O–H groups in total. The van der Waals surface area contributed by atoms with Crippen LogP contribution in [0.3, 0.4) is 0 Å². The van der Waals surface area contributed by atoms with Gasteiger partial charge in [0.05, 0.1) is 79.3 Å². The van der Waals surface area contributed by atoms with E-state index in [-0.39, 0.29) is 105 Å². The summed E-state index contributed by atoms with van der Waals surface area (Å²) in [5, 5.41) is 177. The van der Waals surface area contributed by atoms with Gasteiger partial charge >= 0.3 is 23.9 Å². The van der Waals surface area contributed by atoms with Gasteiger partial charge in [0, 0.05) is 25.7 Å². The van der Waals surface area contributed by atoms with E-state index < -0.39 is 60.5 Å². The quantitative estimate of drug-likeness (QED) is 0.0450. The molecule has 0 aromatic heterocycles. The van der Waals surface area contributed by atoms with Gasteiger partial charge in [0.15, 0.2) is 0 Å². The van der Waals surface area contributed by atoms with Crippen LogP contribution >= 0.6 is 0 Å². The average Bonchev–Trinajstić information content (AvgIpc) is 3.20. The first kappa shape index (κ1) is 70.9. The molecule has 0 atom stereocenters. The first-order valence-corrected chi connectivity index (χ1v) is 16.4. The summed E-state index contributed by atoms with van der Waals surface area (Å²) in [4.78, 5) is 39.6. The van der Waals surface area contributed by atoms with Crippen molar-refractivity contribution in [2.75, 3.05) is 79.3 Å². The smallest absolute Gasteiger partial charge is 0.303 e. The Kier molecular flexibility index (Phi) is 77.7. The molecule has 0 amide bonds. The summed E-state index contributed by atoms with van der Waals surface area (Å²) in [6.07, 6.45) is -3.69. The zero-order valence-electron chi connectivity index (χ0n) is 31.1. The number of hydrogen-bond acceptors (Lipinski definition) is 22. The lowest BCUT2D eigenvalue weighted by Crippen LogP contribution is -2.15. The zero-order chi connectivity index (χ0) is 45.9. The van der Waals surface area contributed by atoms with Crippen LogP contribution in [0, 0.1) is 0 Å². The van der Waals surface area contributed by atoms with E-state index in [0.29, 0.717) is 25.7 Å². The van der Waals surface area contributed by atoms with Gasteiger partial charge in [0.2, 0.25) is 0 Å². The number of aliphatic carboxylic acids is 4. The third-order valence-corrected chi connectivity index (χ3v) is 4.59. The maximum Gasteiger partial charge on any atom is 0.303 e. The molecule has 0 radical (unpaired) electrons. The molecule has 0 unspecified atom stereocenters. The fraction of sp³-hybridized carbons (Fsp3) is 0.867. The molecule has 0 saturated heterocycles. The Morgan fingerprint density at radius 2 is 0.339 bits per heavy atom. The molecule has 26 nitrogen and oxygen atoms in total. The number of carboxylic acids is 4. The summed E-state index contributed by atoms with van der Waals surface area (Å²) in [6.45, 7) is -4.37. The van der Waals surface area contributed by atoms with Crippen molar-refractivity contribution in [1.29, 1.82) is 0 Å². The van der Waals surface area contributed by atoms with Gasteiger partial charge in [-0.15, -0.1) is 0 Å². The van der Waals surface area contributed by atoms with E-state index in [1.807, 2.05) is 0 Å². The van der Waals surface area contributed by atoms with Crippen LogP contribution in [0.2, 0.25) is 0 Å². The number of aliphatic hydroxyl groups is 18. The summed E-state index contributed by atoms with van der Waals surface area (Å²) in [7, 11) is 0. The summed E-state index contributed by atoms with van der Waals surface area (Å²) in [6, 6.07) is 0. The SMILES string of the molecule is O=C(O)CCCCC(=O)O.O=C(O)CCCCC(=O)O.OCC(O)CO.OCC(O)CO.OCC(O)CO.OCC(O)CO.OCC(O)CO.OCC(O)CO. The van der Waals surface area contributed by atoms with Gasteiger partial charge < -0.3 is 112 Å². The Labute approximate surface area is 322 Å². The second-order valence-electron chi connectivity index (χ2n) is 10.1. The highest BCUT2D eigenvalue weighted by atomic mass is 16.4. The Balaban J connectivity index is -0.0000000793. The van der Waals surface area contributed by atoms with E-state index in [1.54, 1.807) is 0 Å². The number of unbranched alkanes of at least 4 members (excludes halogenated alkanes) is 2. The monoisotopic (exact) mass is 844 g/mol. The van der Waals surface area contributed by atoms with E-state index in [0.717, 1.165) is 0 Å². The highest BCUT2D eigenvalue weighted by Gasteiger charge is 2.00. The first-order chi connectivity index (χ1) is 26.1. The van der Waals surface area contributed by atoms with Crippen LogP contribution in [0.4, 0.5) is 0 Å². The first-order valence-electron chi connectivity index (χ1n) is 16.4. The highest BCUT2D eigenvalue weighted by Crippen LogP contribution is 1.99. The van der Waals surface area contributed by atoms with Crippen LogP contribution in [0.15, 0.2) is 0 Å². The molecular formula is C30H68O26. The van der Waals surface area contributed by atoms with Crippen molar-refractivity contribution in [2.45, 2.75) is 88.0 Å². The third kappa shape index (κ3) is 104. The van der Waals surface area contributed by atoms with Crippen LogP contribution in [-0.2, 0) is 19.2 Å². The van der Waals surface area contributed by atoms with E-state index in [4.69, 9.17) is 112 Å². The van der Waals surface area contributed by atoms with Crippen LogP contribution in [0.5, 0.6) is 0 Å². The van der Waals surface area contributed by atoms with Crippen LogP contribution in [-0.4, -0.2) is 252 Å². The minimum atomic E-state index is -0.954. The number of hydrogen-bond donors (Lipinski definition) is 22. The van der Waals surface area contributed by atoms with Gasteiger partial charge in [0.1, 0.15) is 36.6 Å². The molecule has 0 aromatic carbocycles. The Bertz CT molecular complexity index is 613. The summed E-state index contributed by atoms with van der Waals surface area (Å²) < 4.78 is 0. The highest BCUT2D eigenvalue weighted by molar-refractivity contribution is 5.68. The molecule has 0 aliphatic rings. The van der Waals surface area contributed by atoms with E-state index >= 15 is 0 Å². The molecule has 56 heavy (non-hydrogen) atoms. The lowest BCUT2D eigenvalue weighted by molar-refractivity contribution is -0.139. The third-order valence-electron chi connectivity index (χ3n) is 4.59. The van der Waals surface area contributed by atoms with Gasteiger partial charge in [-0.25, -0.2) is 0 Å². The fourth-order valence-corrected chi connectivity index (χ4v) is 1.45. The van der Waals surface area contributed by atoms with Crippen LogP contribution < -0.4 is 0 Å². The molecular weight excluding hydrogens is 776 g/mol. The van der Waals surface area contributed by atoms with E-state index in [9.17, 15) is 19.2 Å². The predicted octanol–water partition coefficient (Wildman–Crippen LogP) is -8.58. The number of rotatable bonds is 22. The molecule has 0 aromatic rings. The zero-order valence-corrected chi connectivity index (χ0v) is 31.1. The second kappa shape index (κ2) is 61.4. The summed E-state index contributed by atoms with van der Waals surface area (Å²) in [5.74, 6) is -3.48. The van der Waals surface area contributed by atoms with Crippen molar-refractivity contribution in [2.24, 2.45) is 0 Å². The molecule has 0 bridgehead atoms. The van der Waals surface area contributed by atoms with Crippen molar-refractivity contribution in [3.8, 4) is 0 Å². The maximum atomic E-state index is 9.90. The van der Waals surface area contributed by atoms with Crippen molar-refractivity contribution in [3.63, 3.8) is 0 Å². The van der Waals surface area contributed by atoms with Gasteiger partial charge in [0.25, 0.3) is 0 Å². The van der Waals surface area contributed by atoms with Crippen molar-refractivity contribution >= 4 is 23.9 Å². The maximum absolute atomic E-state index is 9.90.